The molecular formula is C29H45N5O6. The number of carboxylic acids is 1. The predicted molar refractivity (Wildman–Crippen MR) is 156 cm³/mol. The van der Waals surface area contributed by atoms with E-state index in [-0.39, 0.29) is 31.3 Å². The van der Waals surface area contributed by atoms with Crippen LogP contribution < -0.4 is 20.7 Å². The molecule has 1 aromatic rings. The van der Waals surface area contributed by atoms with Gasteiger partial charge in [0.2, 0.25) is 5.91 Å². The number of methoxy groups -OCH3 is 1. The molecule has 5 amide bonds. The van der Waals surface area contributed by atoms with E-state index in [1.165, 1.54) is 7.11 Å². The molecule has 1 fully saturated rings. The van der Waals surface area contributed by atoms with Crippen LogP contribution in [0.3, 0.4) is 0 Å². The second kappa shape index (κ2) is 18.3. The maximum Gasteiger partial charge on any atom is 0.323 e. The van der Waals surface area contributed by atoms with Crippen LogP contribution >= 0.6 is 0 Å². The van der Waals surface area contributed by atoms with E-state index in [4.69, 9.17) is 9.84 Å². The number of rotatable bonds is 10. The van der Waals surface area contributed by atoms with Crippen molar-refractivity contribution in [2.45, 2.75) is 60.3 Å². The highest BCUT2D eigenvalue weighted by atomic mass is 16.5. The molecule has 1 heterocycles. The summed E-state index contributed by atoms with van der Waals surface area (Å²) in [5.74, 6) is -0.608. The van der Waals surface area contributed by atoms with Crippen LogP contribution in [-0.2, 0) is 16.0 Å². The summed E-state index contributed by atoms with van der Waals surface area (Å²) in [7, 11) is 1.50. The van der Waals surface area contributed by atoms with Gasteiger partial charge >= 0.3 is 18.0 Å². The molecule has 1 aromatic carbocycles. The van der Waals surface area contributed by atoms with Crippen LogP contribution in [0, 0.1) is 0 Å². The first kappa shape index (κ1) is 34.0. The third-order valence-electron chi connectivity index (χ3n) is 6.19. The Morgan fingerprint density at radius 2 is 1.75 bits per heavy atom. The van der Waals surface area contributed by atoms with Crippen molar-refractivity contribution >= 4 is 29.6 Å². The van der Waals surface area contributed by atoms with Gasteiger partial charge in [-0.3, -0.25) is 9.59 Å². The van der Waals surface area contributed by atoms with Gasteiger partial charge in [-0.1, -0.05) is 32.9 Å². The first-order valence-electron chi connectivity index (χ1n) is 13.8. The normalized spacial score (nSPS) is 13.8. The van der Waals surface area contributed by atoms with Crippen molar-refractivity contribution in [1.29, 1.82) is 0 Å². The van der Waals surface area contributed by atoms with Crippen LogP contribution in [0.5, 0.6) is 5.75 Å². The lowest BCUT2D eigenvalue weighted by Gasteiger charge is -2.22. The van der Waals surface area contributed by atoms with Crippen molar-refractivity contribution in [1.82, 2.24) is 20.4 Å². The Balaban J connectivity index is 0.00000391. The molecule has 0 saturated carbocycles. The third-order valence-corrected chi connectivity index (χ3v) is 6.19. The lowest BCUT2D eigenvalue weighted by atomic mass is 10.1. The van der Waals surface area contributed by atoms with E-state index in [1.807, 2.05) is 46.8 Å². The lowest BCUT2D eigenvalue weighted by molar-refractivity contribution is -0.136. The summed E-state index contributed by atoms with van der Waals surface area (Å²) in [6.07, 6.45) is 5.15. The molecule has 0 atom stereocenters. The summed E-state index contributed by atoms with van der Waals surface area (Å²) >= 11 is 0. The Labute approximate surface area is 237 Å². The number of carboxylic acid groups (broad SMARTS) is 1. The van der Waals surface area contributed by atoms with Crippen molar-refractivity contribution in [3.05, 3.63) is 47.2 Å². The minimum Gasteiger partial charge on any atom is -0.495 e. The van der Waals surface area contributed by atoms with Gasteiger partial charge in [-0.25, -0.2) is 9.59 Å². The van der Waals surface area contributed by atoms with Crippen LogP contribution in [0.4, 0.5) is 15.3 Å². The average molecular weight is 560 g/mol. The minimum atomic E-state index is -0.973. The van der Waals surface area contributed by atoms with Gasteiger partial charge in [0.15, 0.2) is 0 Å². The number of carbonyl (C=O) groups excluding carboxylic acids is 3. The molecule has 1 aliphatic rings. The Morgan fingerprint density at radius 3 is 2.38 bits per heavy atom. The number of hydrogen-bond donors (Lipinski definition) is 4. The van der Waals surface area contributed by atoms with Gasteiger partial charge in [-0.15, -0.1) is 0 Å². The number of ether oxygens (including phenoxy) is 1. The van der Waals surface area contributed by atoms with Gasteiger partial charge in [-0.2, -0.15) is 0 Å². The molecule has 11 nitrogen and oxygen atoms in total. The third kappa shape index (κ3) is 11.4. The van der Waals surface area contributed by atoms with E-state index in [0.717, 1.165) is 23.3 Å². The first-order valence-corrected chi connectivity index (χ1v) is 13.8. The lowest BCUT2D eigenvalue weighted by Crippen LogP contribution is -2.43. The predicted octanol–water partition coefficient (Wildman–Crippen LogP) is 4.36. The zero-order valence-electron chi connectivity index (χ0n) is 24.6. The average Bonchev–Trinajstić information content (AvgIpc) is 3.20. The number of benzene rings is 1. The van der Waals surface area contributed by atoms with Crippen LogP contribution in [0.25, 0.3) is 0 Å². The zero-order valence-corrected chi connectivity index (χ0v) is 24.6. The molecule has 0 aliphatic carbocycles. The number of aliphatic carboxylic acids is 1. The SMILES string of the molecule is C/C=C\C(NC(=O)Nc1ccc(CC(=O)N2CCCN(C(=O)NCCC(=O)O)CC2)cc1OC)=C(/C)CC.CC. The van der Waals surface area contributed by atoms with E-state index in [1.54, 1.807) is 28.0 Å². The molecule has 1 saturated heterocycles. The summed E-state index contributed by atoms with van der Waals surface area (Å²) in [5, 5.41) is 17.0. The molecule has 4 N–H and O–H groups in total. The molecule has 0 spiro atoms. The Kier molecular flexibility index (Phi) is 15.6. The Morgan fingerprint density at radius 1 is 1.07 bits per heavy atom. The molecule has 1 aliphatic heterocycles. The van der Waals surface area contributed by atoms with Gasteiger partial charge < -0.3 is 35.6 Å². The van der Waals surface area contributed by atoms with E-state index in [0.29, 0.717) is 44.0 Å². The zero-order chi connectivity index (χ0) is 30.1. The largest absolute Gasteiger partial charge is 0.495 e. The first-order chi connectivity index (χ1) is 19.2. The molecule has 0 radical (unpaired) electrons. The Bertz CT molecular complexity index is 1070. The van der Waals surface area contributed by atoms with Gasteiger partial charge in [-0.05, 0) is 56.0 Å². The van der Waals surface area contributed by atoms with E-state index in [9.17, 15) is 19.2 Å². The standard InChI is InChI=1S/C27H39N5O6.C2H6/c1-5-8-21(19(3)6-2)29-26(36)30-22-10-9-20(17-23(22)38-4)18-24(33)31-13-7-14-32(16-15-31)27(37)28-12-11-25(34)35;1-2/h5,8-10,17H,6-7,11-16,18H2,1-4H3,(H,28,37)(H,34,35)(H2,29,30,36);1-2H3/b8-5-,21-19-;. The highest BCUT2D eigenvalue weighted by Gasteiger charge is 2.22. The molecule has 222 valence electrons. The van der Waals surface area contributed by atoms with Gasteiger partial charge in [0, 0.05) is 38.4 Å². The van der Waals surface area contributed by atoms with E-state index in [2.05, 4.69) is 16.0 Å². The number of urea groups is 2. The van der Waals surface area contributed by atoms with E-state index >= 15 is 0 Å². The summed E-state index contributed by atoms with van der Waals surface area (Å²) in [6.45, 7) is 11.7. The number of hydrogen-bond acceptors (Lipinski definition) is 5. The molecule has 11 heteroatoms. The molecular weight excluding hydrogens is 514 g/mol. The number of nitrogens with zero attached hydrogens (tertiary/aromatic N) is 2. The summed E-state index contributed by atoms with van der Waals surface area (Å²) in [6, 6.07) is 4.49. The highest BCUT2D eigenvalue weighted by molar-refractivity contribution is 5.92. The fraction of sp³-hybridized carbons (Fsp3) is 0.517. The number of amides is 5. The number of anilines is 1. The summed E-state index contributed by atoms with van der Waals surface area (Å²) in [5.41, 5.74) is 3.01. The van der Waals surface area contributed by atoms with Crippen molar-refractivity contribution in [3.8, 4) is 5.75 Å². The van der Waals surface area contributed by atoms with Crippen LogP contribution in [0.1, 0.15) is 59.4 Å². The van der Waals surface area contributed by atoms with Gasteiger partial charge in [0.1, 0.15) is 5.75 Å². The van der Waals surface area contributed by atoms with E-state index < -0.39 is 12.0 Å². The van der Waals surface area contributed by atoms with Crippen molar-refractivity contribution < 1.29 is 29.0 Å². The number of allylic oxidation sites excluding steroid dienone is 3. The maximum atomic E-state index is 13.0. The molecule has 0 unspecified atom stereocenters. The van der Waals surface area contributed by atoms with Crippen LogP contribution in [0.15, 0.2) is 41.6 Å². The monoisotopic (exact) mass is 559 g/mol. The number of nitrogens with one attached hydrogen (secondary N) is 3. The molecule has 2 rings (SSSR count). The highest BCUT2D eigenvalue weighted by Crippen LogP contribution is 2.26. The Hall–Kier alpha value is -4.02. The summed E-state index contributed by atoms with van der Waals surface area (Å²) < 4.78 is 5.46. The fourth-order valence-corrected chi connectivity index (χ4v) is 3.92. The number of carbonyl (C=O) groups is 4. The van der Waals surface area contributed by atoms with Crippen molar-refractivity contribution in [3.63, 3.8) is 0 Å². The van der Waals surface area contributed by atoms with Crippen molar-refractivity contribution in [2.24, 2.45) is 0 Å². The van der Waals surface area contributed by atoms with Gasteiger partial charge in [0.25, 0.3) is 0 Å². The topological polar surface area (TPSA) is 140 Å². The molecule has 40 heavy (non-hydrogen) atoms. The minimum absolute atomic E-state index is 0.0632. The van der Waals surface area contributed by atoms with Gasteiger partial charge in [0.05, 0.1) is 25.6 Å². The van der Waals surface area contributed by atoms with Crippen LogP contribution in [-0.4, -0.2) is 78.7 Å². The second-order valence-electron chi connectivity index (χ2n) is 8.94. The summed E-state index contributed by atoms with van der Waals surface area (Å²) in [4.78, 5) is 51.8. The molecule has 0 aromatic heterocycles. The smallest absolute Gasteiger partial charge is 0.323 e. The second-order valence-corrected chi connectivity index (χ2v) is 8.94. The van der Waals surface area contributed by atoms with Crippen molar-refractivity contribution in [2.75, 3.05) is 45.2 Å². The maximum absolute atomic E-state index is 13.0. The fourth-order valence-electron chi connectivity index (χ4n) is 3.92. The quantitative estimate of drug-likeness (QED) is 0.314. The molecule has 0 bridgehead atoms. The van der Waals surface area contributed by atoms with Crippen LogP contribution in [0.2, 0.25) is 0 Å².